The Kier molecular flexibility index (Phi) is 5.26. The van der Waals surface area contributed by atoms with Crippen LogP contribution >= 0.6 is 0 Å². The molecule has 2 unspecified atom stereocenters. The normalized spacial score (nSPS) is 32.8. The van der Waals surface area contributed by atoms with Crippen LogP contribution in [0.25, 0.3) is 0 Å². The van der Waals surface area contributed by atoms with Gasteiger partial charge >= 0.3 is 0 Å². The third kappa shape index (κ3) is 3.67. The minimum atomic E-state index is 0.600. The van der Waals surface area contributed by atoms with Crippen LogP contribution in [-0.2, 0) is 4.74 Å². The van der Waals surface area contributed by atoms with Crippen LogP contribution in [-0.4, -0.2) is 50.8 Å². The first-order chi connectivity index (χ1) is 8.33. The third-order valence-corrected chi connectivity index (χ3v) is 4.65. The molecule has 2 aliphatic rings. The molecule has 2 aliphatic heterocycles. The first-order valence-electron chi connectivity index (χ1n) is 7.28. The molecule has 2 fully saturated rings. The van der Waals surface area contributed by atoms with E-state index in [0.29, 0.717) is 6.04 Å². The SMILES string of the molecule is CCN1CCC(C2CCNC(COC)C2)CC1. The van der Waals surface area contributed by atoms with E-state index in [4.69, 9.17) is 4.74 Å². The molecule has 2 saturated heterocycles. The smallest absolute Gasteiger partial charge is 0.0615 e. The summed E-state index contributed by atoms with van der Waals surface area (Å²) in [5, 5.41) is 3.57. The second kappa shape index (κ2) is 6.72. The predicted molar refractivity (Wildman–Crippen MR) is 71.2 cm³/mol. The van der Waals surface area contributed by atoms with Crippen LogP contribution in [0.2, 0.25) is 0 Å². The fourth-order valence-corrected chi connectivity index (χ4v) is 3.54. The molecule has 2 heterocycles. The van der Waals surface area contributed by atoms with Crippen LogP contribution in [0.4, 0.5) is 0 Å². The Hall–Kier alpha value is -0.120. The van der Waals surface area contributed by atoms with Crippen molar-refractivity contribution in [3.63, 3.8) is 0 Å². The minimum Gasteiger partial charge on any atom is -0.383 e. The molecule has 3 nitrogen and oxygen atoms in total. The predicted octanol–water partition coefficient (Wildman–Crippen LogP) is 1.73. The average molecular weight is 240 g/mol. The summed E-state index contributed by atoms with van der Waals surface area (Å²) in [4.78, 5) is 2.59. The molecule has 0 aliphatic carbocycles. The first kappa shape index (κ1) is 13.3. The van der Waals surface area contributed by atoms with Gasteiger partial charge in [0.15, 0.2) is 0 Å². The maximum Gasteiger partial charge on any atom is 0.0615 e. The molecule has 0 aromatic heterocycles. The van der Waals surface area contributed by atoms with Gasteiger partial charge in [-0.1, -0.05) is 6.92 Å². The molecule has 2 rings (SSSR count). The molecule has 2 atom stereocenters. The molecular formula is C14H28N2O. The van der Waals surface area contributed by atoms with Crippen LogP contribution < -0.4 is 5.32 Å². The van der Waals surface area contributed by atoms with Crippen molar-refractivity contribution in [2.45, 2.75) is 38.6 Å². The van der Waals surface area contributed by atoms with Gasteiger partial charge in [-0.15, -0.1) is 0 Å². The molecule has 0 spiro atoms. The van der Waals surface area contributed by atoms with Gasteiger partial charge < -0.3 is 15.0 Å². The van der Waals surface area contributed by atoms with Gasteiger partial charge in [-0.2, -0.15) is 0 Å². The van der Waals surface area contributed by atoms with Gasteiger partial charge in [-0.25, -0.2) is 0 Å². The van der Waals surface area contributed by atoms with E-state index < -0.39 is 0 Å². The van der Waals surface area contributed by atoms with Gasteiger partial charge in [-0.3, -0.25) is 0 Å². The maximum atomic E-state index is 5.28. The van der Waals surface area contributed by atoms with Crippen molar-refractivity contribution in [3.05, 3.63) is 0 Å². The lowest BCUT2D eigenvalue weighted by Gasteiger charge is -2.39. The van der Waals surface area contributed by atoms with Gasteiger partial charge in [0.05, 0.1) is 6.61 Å². The highest BCUT2D eigenvalue weighted by molar-refractivity contribution is 4.85. The Morgan fingerprint density at radius 3 is 2.59 bits per heavy atom. The van der Waals surface area contributed by atoms with E-state index in [1.54, 1.807) is 0 Å². The Morgan fingerprint density at radius 1 is 1.18 bits per heavy atom. The Labute approximate surface area is 106 Å². The summed E-state index contributed by atoms with van der Waals surface area (Å²) >= 11 is 0. The molecule has 0 radical (unpaired) electrons. The number of hydrogen-bond donors (Lipinski definition) is 1. The molecule has 100 valence electrons. The Morgan fingerprint density at radius 2 is 1.94 bits per heavy atom. The topological polar surface area (TPSA) is 24.5 Å². The second-order valence-electron chi connectivity index (χ2n) is 5.66. The van der Waals surface area contributed by atoms with E-state index in [0.717, 1.165) is 18.4 Å². The Balaban J connectivity index is 1.77. The number of ether oxygens (including phenoxy) is 1. The molecule has 3 heteroatoms. The van der Waals surface area contributed by atoms with Crippen LogP contribution in [0.15, 0.2) is 0 Å². The van der Waals surface area contributed by atoms with Crippen molar-refractivity contribution in [3.8, 4) is 0 Å². The van der Waals surface area contributed by atoms with Crippen molar-refractivity contribution < 1.29 is 4.74 Å². The molecule has 0 saturated carbocycles. The number of rotatable bonds is 4. The highest BCUT2D eigenvalue weighted by atomic mass is 16.5. The summed E-state index contributed by atoms with van der Waals surface area (Å²) in [6.07, 6.45) is 5.53. The third-order valence-electron chi connectivity index (χ3n) is 4.65. The highest BCUT2D eigenvalue weighted by Gasteiger charge is 2.30. The van der Waals surface area contributed by atoms with Crippen molar-refractivity contribution in [2.24, 2.45) is 11.8 Å². The highest BCUT2D eigenvalue weighted by Crippen LogP contribution is 2.32. The lowest BCUT2D eigenvalue weighted by atomic mass is 9.77. The van der Waals surface area contributed by atoms with Crippen molar-refractivity contribution in [2.75, 3.05) is 39.9 Å². The molecule has 0 amide bonds. The summed E-state index contributed by atoms with van der Waals surface area (Å²) in [5.41, 5.74) is 0. The fourth-order valence-electron chi connectivity index (χ4n) is 3.54. The largest absolute Gasteiger partial charge is 0.383 e. The van der Waals surface area contributed by atoms with Gasteiger partial charge in [0, 0.05) is 13.2 Å². The van der Waals surface area contributed by atoms with Crippen molar-refractivity contribution in [1.82, 2.24) is 10.2 Å². The molecule has 0 aromatic carbocycles. The zero-order chi connectivity index (χ0) is 12.1. The molecule has 1 N–H and O–H groups in total. The van der Waals surface area contributed by atoms with E-state index in [1.807, 2.05) is 7.11 Å². The summed E-state index contributed by atoms with van der Waals surface area (Å²) in [6.45, 7) is 8.21. The monoisotopic (exact) mass is 240 g/mol. The summed E-state index contributed by atoms with van der Waals surface area (Å²) in [6, 6.07) is 0.600. The van der Waals surface area contributed by atoms with Crippen molar-refractivity contribution >= 4 is 0 Å². The second-order valence-corrected chi connectivity index (χ2v) is 5.66. The zero-order valence-electron chi connectivity index (χ0n) is 11.5. The van der Waals surface area contributed by atoms with Gasteiger partial charge in [0.2, 0.25) is 0 Å². The first-order valence-corrected chi connectivity index (χ1v) is 7.28. The lowest BCUT2D eigenvalue weighted by molar-refractivity contribution is 0.0946. The van der Waals surface area contributed by atoms with Crippen LogP contribution in [0.5, 0.6) is 0 Å². The summed E-state index contributed by atoms with van der Waals surface area (Å²) in [7, 11) is 1.81. The van der Waals surface area contributed by atoms with E-state index in [1.165, 1.54) is 51.9 Å². The quantitative estimate of drug-likeness (QED) is 0.810. The standard InChI is InChI=1S/C14H28N2O/c1-3-16-8-5-12(6-9-16)13-4-7-15-14(10-13)11-17-2/h12-15H,3-11H2,1-2H3. The van der Waals surface area contributed by atoms with Gasteiger partial charge in [-0.05, 0) is 63.7 Å². The van der Waals surface area contributed by atoms with E-state index in [9.17, 15) is 0 Å². The molecule has 17 heavy (non-hydrogen) atoms. The summed E-state index contributed by atoms with van der Waals surface area (Å²) < 4.78 is 5.28. The number of nitrogens with one attached hydrogen (secondary N) is 1. The fraction of sp³-hybridized carbons (Fsp3) is 1.00. The van der Waals surface area contributed by atoms with Crippen LogP contribution in [0.3, 0.4) is 0 Å². The van der Waals surface area contributed by atoms with Crippen LogP contribution in [0, 0.1) is 11.8 Å². The number of methoxy groups -OCH3 is 1. The summed E-state index contributed by atoms with van der Waals surface area (Å²) in [5.74, 6) is 1.91. The number of nitrogens with zero attached hydrogens (tertiary/aromatic N) is 1. The van der Waals surface area contributed by atoms with E-state index >= 15 is 0 Å². The van der Waals surface area contributed by atoms with E-state index in [2.05, 4.69) is 17.1 Å². The van der Waals surface area contributed by atoms with Crippen molar-refractivity contribution in [1.29, 1.82) is 0 Å². The lowest BCUT2D eigenvalue weighted by Crippen LogP contribution is -2.45. The molecule has 0 aromatic rings. The number of piperidine rings is 2. The van der Waals surface area contributed by atoms with Crippen LogP contribution in [0.1, 0.15) is 32.6 Å². The molecule has 0 bridgehead atoms. The van der Waals surface area contributed by atoms with Gasteiger partial charge in [0.1, 0.15) is 0 Å². The van der Waals surface area contributed by atoms with Gasteiger partial charge in [0.25, 0.3) is 0 Å². The Bertz CT molecular complexity index is 212. The minimum absolute atomic E-state index is 0.600. The van der Waals surface area contributed by atoms with E-state index in [-0.39, 0.29) is 0 Å². The number of hydrogen-bond acceptors (Lipinski definition) is 3. The maximum absolute atomic E-state index is 5.28. The number of likely N-dealkylation sites (tertiary alicyclic amines) is 1. The molecular weight excluding hydrogens is 212 g/mol. The average Bonchev–Trinajstić information content (AvgIpc) is 2.40. The zero-order valence-corrected chi connectivity index (χ0v) is 11.5.